The van der Waals surface area contributed by atoms with Crippen LogP contribution in [0.5, 0.6) is 0 Å². The molecule has 0 unspecified atom stereocenters. The predicted octanol–water partition coefficient (Wildman–Crippen LogP) is 2.88. The largest absolute Gasteiger partial charge is 0.461 e. The summed E-state index contributed by atoms with van der Waals surface area (Å²) in [5.74, 6) is -2.23. The fraction of sp³-hybridized carbons (Fsp3) is 0.478. The summed E-state index contributed by atoms with van der Waals surface area (Å²) < 4.78 is 21.6. The standard InChI is InChI=1S/C23H28O8/c1-12(2)22(26)30-19-9-13(3)7-17(29-16(6)25)8-14(4)10-20-21(19)18(23(27)31-20)11-28-15(5)24/h7,10,17,19-20H,1,8-9,11H2,2-6H3/b13-7+,14-10+/t17-,19-,20+/m0/s1. The van der Waals surface area contributed by atoms with Crippen LogP contribution in [0.25, 0.3) is 0 Å². The average molecular weight is 432 g/mol. The molecular weight excluding hydrogens is 404 g/mol. The fourth-order valence-corrected chi connectivity index (χ4v) is 3.47. The molecule has 0 radical (unpaired) electrons. The zero-order valence-corrected chi connectivity index (χ0v) is 18.5. The van der Waals surface area contributed by atoms with Gasteiger partial charge in [-0.25, -0.2) is 9.59 Å². The van der Waals surface area contributed by atoms with E-state index >= 15 is 0 Å². The lowest BCUT2D eigenvalue weighted by Crippen LogP contribution is -2.28. The highest BCUT2D eigenvalue weighted by atomic mass is 16.6. The Kier molecular flexibility index (Phi) is 7.96. The van der Waals surface area contributed by atoms with Gasteiger partial charge >= 0.3 is 23.9 Å². The van der Waals surface area contributed by atoms with Crippen molar-refractivity contribution in [3.8, 4) is 0 Å². The van der Waals surface area contributed by atoms with Crippen molar-refractivity contribution in [1.29, 1.82) is 0 Å². The second-order valence-corrected chi connectivity index (χ2v) is 7.80. The van der Waals surface area contributed by atoms with Gasteiger partial charge in [-0.15, -0.1) is 0 Å². The third-order valence-electron chi connectivity index (χ3n) is 4.75. The van der Waals surface area contributed by atoms with E-state index in [4.69, 9.17) is 18.9 Å². The SMILES string of the molecule is C=C(C)C(=O)O[C@H]1C/C(C)=C/[C@H](OC(C)=O)C/C(C)=C/[C@H]2OC(=O)C(COC(C)=O)=C12. The van der Waals surface area contributed by atoms with Gasteiger partial charge in [-0.05, 0) is 32.9 Å². The Hall–Kier alpha value is -3.16. The third-order valence-corrected chi connectivity index (χ3v) is 4.75. The first kappa shape index (κ1) is 24.1. The topological polar surface area (TPSA) is 105 Å². The van der Waals surface area contributed by atoms with Gasteiger partial charge in [0.05, 0.1) is 5.57 Å². The minimum absolute atomic E-state index is 0.147. The quantitative estimate of drug-likeness (QED) is 0.283. The van der Waals surface area contributed by atoms with E-state index in [1.54, 1.807) is 12.2 Å². The smallest absolute Gasteiger partial charge is 0.338 e. The monoisotopic (exact) mass is 432 g/mol. The molecule has 0 saturated carbocycles. The third kappa shape index (κ3) is 6.67. The molecule has 0 N–H and O–H groups in total. The van der Waals surface area contributed by atoms with Crippen molar-refractivity contribution >= 4 is 23.9 Å². The summed E-state index contributed by atoms with van der Waals surface area (Å²) in [4.78, 5) is 47.7. The highest BCUT2D eigenvalue weighted by Crippen LogP contribution is 2.34. The zero-order chi connectivity index (χ0) is 23.3. The summed E-state index contributed by atoms with van der Waals surface area (Å²) in [6, 6.07) is 0. The second-order valence-electron chi connectivity index (χ2n) is 7.80. The number of hydrogen-bond donors (Lipinski definition) is 0. The van der Waals surface area contributed by atoms with E-state index < -0.39 is 42.2 Å². The van der Waals surface area contributed by atoms with Crippen LogP contribution in [0.15, 0.2) is 46.6 Å². The van der Waals surface area contributed by atoms with Gasteiger partial charge in [0.15, 0.2) is 0 Å². The molecule has 0 bridgehead atoms. The van der Waals surface area contributed by atoms with Crippen LogP contribution >= 0.6 is 0 Å². The molecule has 168 valence electrons. The molecule has 0 saturated heterocycles. The molecule has 3 atom stereocenters. The van der Waals surface area contributed by atoms with Gasteiger partial charge in [-0.3, -0.25) is 9.59 Å². The maximum absolute atomic E-state index is 12.6. The number of esters is 4. The van der Waals surface area contributed by atoms with Crippen LogP contribution in [0.3, 0.4) is 0 Å². The Bertz CT molecular complexity index is 889. The first-order valence-electron chi connectivity index (χ1n) is 9.93. The summed E-state index contributed by atoms with van der Waals surface area (Å²) in [7, 11) is 0. The predicted molar refractivity (Wildman–Crippen MR) is 111 cm³/mol. The second kappa shape index (κ2) is 10.2. The number of hydrogen-bond acceptors (Lipinski definition) is 8. The maximum atomic E-state index is 12.6. The Morgan fingerprint density at radius 1 is 1.03 bits per heavy atom. The van der Waals surface area contributed by atoms with Gasteiger partial charge in [-0.2, -0.15) is 0 Å². The summed E-state index contributed by atoms with van der Waals surface area (Å²) in [5, 5.41) is 0. The highest BCUT2D eigenvalue weighted by molar-refractivity contribution is 5.94. The molecule has 0 aromatic carbocycles. The molecular formula is C23H28O8. The van der Waals surface area contributed by atoms with Crippen LogP contribution in [0.4, 0.5) is 0 Å². The lowest BCUT2D eigenvalue weighted by Gasteiger charge is -2.25. The van der Waals surface area contributed by atoms with Gasteiger partial charge < -0.3 is 18.9 Å². The molecule has 0 aromatic heterocycles. The van der Waals surface area contributed by atoms with Crippen LogP contribution in [-0.4, -0.2) is 48.8 Å². The van der Waals surface area contributed by atoms with Gasteiger partial charge in [0.25, 0.3) is 0 Å². The summed E-state index contributed by atoms with van der Waals surface area (Å²) in [5.41, 5.74) is 2.38. The van der Waals surface area contributed by atoms with E-state index in [9.17, 15) is 19.2 Å². The molecule has 1 aliphatic carbocycles. The van der Waals surface area contributed by atoms with Crippen LogP contribution in [0.1, 0.15) is 47.5 Å². The summed E-state index contributed by atoms with van der Waals surface area (Å²) >= 11 is 0. The highest BCUT2D eigenvalue weighted by Gasteiger charge is 2.40. The van der Waals surface area contributed by atoms with E-state index in [-0.39, 0.29) is 24.2 Å². The van der Waals surface area contributed by atoms with Crippen molar-refractivity contribution in [2.24, 2.45) is 0 Å². The molecule has 1 aliphatic heterocycles. The number of ether oxygens (including phenoxy) is 4. The number of carbonyl (C=O) groups is 4. The van der Waals surface area contributed by atoms with Crippen LogP contribution in [0, 0.1) is 0 Å². The van der Waals surface area contributed by atoms with Crippen LogP contribution in [0.2, 0.25) is 0 Å². The van der Waals surface area contributed by atoms with Gasteiger partial charge in [-0.1, -0.05) is 17.7 Å². The molecule has 31 heavy (non-hydrogen) atoms. The van der Waals surface area contributed by atoms with Gasteiger partial charge in [0.2, 0.25) is 0 Å². The van der Waals surface area contributed by atoms with Gasteiger partial charge in [0, 0.05) is 37.8 Å². The fourth-order valence-electron chi connectivity index (χ4n) is 3.47. The normalized spacial score (nSPS) is 27.0. The first-order valence-corrected chi connectivity index (χ1v) is 9.93. The van der Waals surface area contributed by atoms with E-state index in [0.717, 1.165) is 11.1 Å². The van der Waals surface area contributed by atoms with E-state index in [0.29, 0.717) is 12.0 Å². The first-order chi connectivity index (χ1) is 14.5. The molecule has 0 amide bonds. The molecule has 1 heterocycles. The zero-order valence-electron chi connectivity index (χ0n) is 18.5. The van der Waals surface area contributed by atoms with Crippen LogP contribution < -0.4 is 0 Å². The number of rotatable bonds is 5. The Morgan fingerprint density at radius 2 is 1.68 bits per heavy atom. The summed E-state index contributed by atoms with van der Waals surface area (Å²) in [6.07, 6.45) is 2.00. The molecule has 8 heteroatoms. The minimum atomic E-state index is -0.859. The lowest BCUT2D eigenvalue weighted by atomic mass is 9.91. The van der Waals surface area contributed by atoms with Crippen molar-refractivity contribution in [1.82, 2.24) is 0 Å². The van der Waals surface area contributed by atoms with Crippen LogP contribution in [-0.2, 0) is 38.1 Å². The lowest BCUT2D eigenvalue weighted by molar-refractivity contribution is -0.144. The average Bonchev–Trinajstić information content (AvgIpc) is 2.92. The maximum Gasteiger partial charge on any atom is 0.338 e. The molecule has 0 aromatic rings. The number of carbonyl (C=O) groups excluding carboxylic acids is 4. The molecule has 0 spiro atoms. The Morgan fingerprint density at radius 3 is 2.26 bits per heavy atom. The van der Waals surface area contributed by atoms with Gasteiger partial charge in [0.1, 0.15) is 24.9 Å². The minimum Gasteiger partial charge on any atom is -0.461 e. The molecule has 2 rings (SSSR count). The van der Waals surface area contributed by atoms with Crippen molar-refractivity contribution in [3.05, 3.63) is 46.6 Å². The summed E-state index contributed by atoms with van der Waals surface area (Å²) in [6.45, 7) is 11.1. The van der Waals surface area contributed by atoms with E-state index in [1.165, 1.54) is 20.8 Å². The molecule has 2 aliphatic rings. The van der Waals surface area contributed by atoms with Crippen molar-refractivity contribution < 1.29 is 38.1 Å². The molecule has 0 fully saturated rings. The van der Waals surface area contributed by atoms with E-state index in [2.05, 4.69) is 6.58 Å². The Balaban J connectivity index is 2.56. The Labute approximate surface area is 181 Å². The van der Waals surface area contributed by atoms with E-state index in [1.807, 2.05) is 13.8 Å². The van der Waals surface area contributed by atoms with Crippen molar-refractivity contribution in [3.63, 3.8) is 0 Å². The van der Waals surface area contributed by atoms with Crippen molar-refractivity contribution in [2.45, 2.75) is 65.8 Å². The number of fused-ring (bicyclic) bond motifs is 1. The molecule has 8 nitrogen and oxygen atoms in total. The van der Waals surface area contributed by atoms with Crippen molar-refractivity contribution in [2.75, 3.05) is 6.61 Å².